The lowest BCUT2D eigenvalue weighted by Gasteiger charge is -2.08. The third kappa shape index (κ3) is 3.97. The molecule has 0 radical (unpaired) electrons. The molecule has 31 heavy (non-hydrogen) atoms. The molecule has 0 saturated carbocycles. The Morgan fingerprint density at radius 2 is 2.06 bits per heavy atom. The molecule has 1 aromatic heterocycles. The molecule has 1 aliphatic rings. The van der Waals surface area contributed by atoms with Crippen LogP contribution in [0.3, 0.4) is 0 Å². The maximum atomic E-state index is 13.4. The molecule has 4 rings (SSSR count). The quantitative estimate of drug-likeness (QED) is 0.375. The van der Waals surface area contributed by atoms with Crippen LogP contribution in [0.25, 0.3) is 10.9 Å². The summed E-state index contributed by atoms with van der Waals surface area (Å²) < 4.78 is 19.9. The van der Waals surface area contributed by atoms with Gasteiger partial charge in [0.15, 0.2) is 6.61 Å². The molecule has 0 aliphatic carbocycles. The van der Waals surface area contributed by atoms with Crippen LogP contribution in [0.4, 0.5) is 15.8 Å². The van der Waals surface area contributed by atoms with Crippen molar-refractivity contribution in [3.8, 4) is 0 Å². The SMILES string of the molecule is O=C(COC(=O)c1ccc2c(=O)n3c(nc2c1)CCC3)Nc1ccc(F)c([N+](=O)[O-])c1. The number of esters is 1. The Balaban J connectivity index is 1.44. The first-order valence-corrected chi connectivity index (χ1v) is 9.28. The average Bonchev–Trinajstić information content (AvgIpc) is 3.21. The predicted octanol–water partition coefficient (Wildman–Crippen LogP) is 2.19. The number of halogens is 1. The minimum Gasteiger partial charge on any atom is -0.452 e. The maximum Gasteiger partial charge on any atom is 0.338 e. The monoisotopic (exact) mass is 426 g/mol. The number of nitro groups is 1. The van der Waals surface area contributed by atoms with Crippen LogP contribution in [0.15, 0.2) is 41.2 Å². The van der Waals surface area contributed by atoms with Gasteiger partial charge in [-0.3, -0.25) is 24.3 Å². The summed E-state index contributed by atoms with van der Waals surface area (Å²) in [5, 5.41) is 13.4. The lowest BCUT2D eigenvalue weighted by Crippen LogP contribution is -2.22. The number of carbonyl (C=O) groups excluding carboxylic acids is 2. The van der Waals surface area contributed by atoms with Crippen LogP contribution < -0.4 is 10.9 Å². The molecular weight excluding hydrogens is 411 g/mol. The topological polar surface area (TPSA) is 133 Å². The van der Waals surface area contributed by atoms with Crippen molar-refractivity contribution in [3.63, 3.8) is 0 Å². The number of nitro benzene ring substituents is 1. The number of ether oxygens (including phenoxy) is 1. The van der Waals surface area contributed by atoms with Gasteiger partial charge in [0.25, 0.3) is 11.5 Å². The summed E-state index contributed by atoms with van der Waals surface area (Å²) in [5.74, 6) is -1.94. The second kappa shape index (κ2) is 7.94. The fraction of sp³-hybridized carbons (Fsp3) is 0.200. The molecule has 0 atom stereocenters. The third-order valence-corrected chi connectivity index (χ3v) is 4.81. The maximum absolute atomic E-state index is 13.4. The van der Waals surface area contributed by atoms with E-state index in [0.717, 1.165) is 24.6 Å². The number of anilines is 1. The highest BCUT2D eigenvalue weighted by molar-refractivity contribution is 5.97. The van der Waals surface area contributed by atoms with Gasteiger partial charge in [0.1, 0.15) is 5.82 Å². The molecule has 0 bridgehead atoms. The summed E-state index contributed by atoms with van der Waals surface area (Å²) >= 11 is 0. The van der Waals surface area contributed by atoms with Crippen molar-refractivity contribution in [1.82, 2.24) is 9.55 Å². The van der Waals surface area contributed by atoms with Crippen molar-refractivity contribution < 1.29 is 23.6 Å². The Kier molecular flexibility index (Phi) is 5.15. The van der Waals surface area contributed by atoms with Crippen molar-refractivity contribution in [3.05, 3.63) is 74.1 Å². The van der Waals surface area contributed by atoms with Gasteiger partial charge in [-0.15, -0.1) is 0 Å². The van der Waals surface area contributed by atoms with Gasteiger partial charge in [-0.2, -0.15) is 4.39 Å². The molecule has 0 spiro atoms. The van der Waals surface area contributed by atoms with Gasteiger partial charge in [0, 0.05) is 24.7 Å². The van der Waals surface area contributed by atoms with E-state index in [-0.39, 0.29) is 16.8 Å². The van der Waals surface area contributed by atoms with E-state index in [1.54, 1.807) is 4.57 Å². The van der Waals surface area contributed by atoms with Crippen molar-refractivity contribution in [2.45, 2.75) is 19.4 Å². The summed E-state index contributed by atoms with van der Waals surface area (Å²) in [5.41, 5.74) is -0.479. The van der Waals surface area contributed by atoms with Gasteiger partial charge < -0.3 is 10.1 Å². The number of carbonyl (C=O) groups is 2. The first-order valence-electron chi connectivity index (χ1n) is 9.28. The Morgan fingerprint density at radius 1 is 1.26 bits per heavy atom. The smallest absolute Gasteiger partial charge is 0.338 e. The second-order valence-electron chi connectivity index (χ2n) is 6.87. The zero-order valence-electron chi connectivity index (χ0n) is 16.0. The van der Waals surface area contributed by atoms with Crippen molar-refractivity contribution in [2.75, 3.05) is 11.9 Å². The molecule has 3 aromatic rings. The first-order chi connectivity index (χ1) is 14.8. The van der Waals surface area contributed by atoms with E-state index in [4.69, 9.17) is 4.74 Å². The molecule has 0 fully saturated rings. The van der Waals surface area contributed by atoms with Crippen LogP contribution in [0.1, 0.15) is 22.6 Å². The molecule has 0 saturated heterocycles. The molecule has 2 heterocycles. The Morgan fingerprint density at radius 3 is 2.84 bits per heavy atom. The molecule has 10 nitrogen and oxygen atoms in total. The molecule has 1 amide bonds. The lowest BCUT2D eigenvalue weighted by molar-refractivity contribution is -0.387. The minimum absolute atomic E-state index is 0.0154. The summed E-state index contributed by atoms with van der Waals surface area (Å²) in [4.78, 5) is 51.0. The van der Waals surface area contributed by atoms with E-state index >= 15 is 0 Å². The van der Waals surface area contributed by atoms with E-state index in [0.29, 0.717) is 29.7 Å². The molecule has 0 unspecified atom stereocenters. The van der Waals surface area contributed by atoms with Crippen LogP contribution in [0.2, 0.25) is 0 Å². The van der Waals surface area contributed by atoms with Crippen LogP contribution in [-0.4, -0.2) is 33.0 Å². The molecule has 1 N–H and O–H groups in total. The van der Waals surface area contributed by atoms with Crippen LogP contribution >= 0.6 is 0 Å². The van der Waals surface area contributed by atoms with Gasteiger partial charge in [0.05, 0.1) is 21.4 Å². The number of nitrogens with one attached hydrogen (secondary N) is 1. The average molecular weight is 426 g/mol. The summed E-state index contributed by atoms with van der Waals surface area (Å²) in [6.07, 6.45) is 1.52. The number of benzene rings is 2. The number of fused-ring (bicyclic) bond motifs is 2. The summed E-state index contributed by atoms with van der Waals surface area (Å²) in [6, 6.07) is 7.19. The fourth-order valence-electron chi connectivity index (χ4n) is 3.35. The van der Waals surface area contributed by atoms with Crippen LogP contribution in [0.5, 0.6) is 0 Å². The van der Waals surface area contributed by atoms with E-state index < -0.39 is 34.9 Å². The number of rotatable bonds is 5. The fourth-order valence-corrected chi connectivity index (χ4v) is 3.35. The van der Waals surface area contributed by atoms with Gasteiger partial charge in [-0.1, -0.05) is 0 Å². The first kappa shape index (κ1) is 20.1. The van der Waals surface area contributed by atoms with Crippen LogP contribution in [0, 0.1) is 15.9 Å². The zero-order chi connectivity index (χ0) is 22.1. The van der Waals surface area contributed by atoms with E-state index in [9.17, 15) is 28.9 Å². The number of hydrogen-bond acceptors (Lipinski definition) is 7. The lowest BCUT2D eigenvalue weighted by atomic mass is 10.1. The van der Waals surface area contributed by atoms with Gasteiger partial charge in [-0.05, 0) is 36.8 Å². The number of amides is 1. The highest BCUT2D eigenvalue weighted by atomic mass is 19.1. The van der Waals surface area contributed by atoms with E-state index in [1.165, 1.54) is 18.2 Å². The number of hydrogen-bond donors (Lipinski definition) is 1. The predicted molar refractivity (Wildman–Crippen MR) is 106 cm³/mol. The largest absolute Gasteiger partial charge is 0.452 e. The molecule has 1 aliphatic heterocycles. The molecule has 2 aromatic carbocycles. The number of nitrogens with zero attached hydrogens (tertiary/aromatic N) is 3. The Hall–Kier alpha value is -4.15. The third-order valence-electron chi connectivity index (χ3n) is 4.81. The number of aromatic nitrogens is 2. The Labute approximate surface area is 173 Å². The van der Waals surface area contributed by atoms with Crippen molar-refractivity contribution >= 4 is 34.2 Å². The standard InChI is InChI=1S/C20H15FN4O6/c21-14-6-4-12(9-16(14)25(29)30)22-18(26)10-31-20(28)11-3-5-13-15(8-11)23-17-2-1-7-24(17)19(13)27/h3-6,8-9H,1-2,7,10H2,(H,22,26). The molecular formula is C20H15FN4O6. The molecule has 11 heteroatoms. The number of aryl methyl sites for hydroxylation is 1. The van der Waals surface area contributed by atoms with Gasteiger partial charge in [0.2, 0.25) is 5.82 Å². The highest BCUT2D eigenvalue weighted by Crippen LogP contribution is 2.21. The Bertz CT molecular complexity index is 1300. The van der Waals surface area contributed by atoms with Crippen molar-refractivity contribution in [1.29, 1.82) is 0 Å². The second-order valence-corrected chi connectivity index (χ2v) is 6.87. The van der Waals surface area contributed by atoms with Gasteiger partial charge in [-0.25, -0.2) is 9.78 Å². The van der Waals surface area contributed by atoms with E-state index in [1.807, 2.05) is 0 Å². The van der Waals surface area contributed by atoms with E-state index in [2.05, 4.69) is 10.3 Å². The summed E-state index contributed by atoms with van der Waals surface area (Å²) in [6.45, 7) is -0.0461. The van der Waals surface area contributed by atoms with Gasteiger partial charge >= 0.3 is 11.7 Å². The minimum atomic E-state index is -1.04. The van der Waals surface area contributed by atoms with Crippen molar-refractivity contribution in [2.24, 2.45) is 0 Å². The normalized spacial score (nSPS) is 12.4. The zero-order valence-corrected chi connectivity index (χ0v) is 16.0. The van der Waals surface area contributed by atoms with Crippen LogP contribution in [-0.2, 0) is 22.5 Å². The molecule has 158 valence electrons. The summed E-state index contributed by atoms with van der Waals surface area (Å²) in [7, 11) is 0. The highest BCUT2D eigenvalue weighted by Gasteiger charge is 2.19.